The molecule has 1 amide bonds. The Bertz CT molecular complexity index is 732. The van der Waals surface area contributed by atoms with E-state index in [4.69, 9.17) is 9.47 Å². The molecule has 1 aromatic carbocycles. The smallest absolute Gasteiger partial charge is 0.316 e. The third-order valence-corrected chi connectivity index (χ3v) is 5.04. The van der Waals surface area contributed by atoms with Crippen LogP contribution >= 0.6 is 0 Å². The fourth-order valence-electron chi connectivity index (χ4n) is 3.68. The number of nitrogens with zero attached hydrogens (tertiary/aromatic N) is 3. The number of carbonyl (C=O) groups excluding carboxylic acids is 1. The molecule has 0 radical (unpaired) electrons. The summed E-state index contributed by atoms with van der Waals surface area (Å²) in [4.78, 5) is 22.6. The number of likely N-dealkylation sites (tertiary alicyclic amines) is 1. The molecule has 6 heteroatoms. The van der Waals surface area contributed by atoms with Crippen LogP contribution in [0.4, 0.5) is 0 Å². The lowest BCUT2D eigenvalue weighted by Gasteiger charge is -2.52. The van der Waals surface area contributed by atoms with E-state index in [1.807, 2.05) is 23.1 Å². The largest absolute Gasteiger partial charge is 0.460 e. The van der Waals surface area contributed by atoms with Crippen LogP contribution in [0, 0.1) is 0 Å². The Morgan fingerprint density at radius 3 is 2.73 bits per heavy atom. The zero-order chi connectivity index (χ0) is 17.8. The van der Waals surface area contributed by atoms with Crippen LogP contribution in [-0.2, 0) is 16.0 Å². The van der Waals surface area contributed by atoms with E-state index in [2.05, 4.69) is 22.1 Å². The lowest BCUT2D eigenvalue weighted by molar-refractivity contribution is -0.193. The molecule has 0 aliphatic carbocycles. The molecule has 0 saturated carbocycles. The number of hydrogen-bond acceptors (Lipinski definition) is 5. The number of hydrogen-bond donors (Lipinski definition) is 0. The molecule has 2 aliphatic rings. The number of ether oxygens (including phenoxy) is 2. The van der Waals surface area contributed by atoms with Gasteiger partial charge in [0.25, 0.3) is 0 Å². The molecule has 136 valence electrons. The van der Waals surface area contributed by atoms with Crippen LogP contribution in [-0.4, -0.2) is 52.2 Å². The van der Waals surface area contributed by atoms with Gasteiger partial charge in [0.1, 0.15) is 11.7 Å². The van der Waals surface area contributed by atoms with Gasteiger partial charge in [0.2, 0.25) is 5.91 Å². The number of rotatable bonds is 5. The molecule has 1 unspecified atom stereocenters. The summed E-state index contributed by atoms with van der Waals surface area (Å²) < 4.78 is 11.9. The molecule has 2 saturated heterocycles. The third-order valence-electron chi connectivity index (χ3n) is 5.04. The molecule has 2 aromatic rings. The van der Waals surface area contributed by atoms with Gasteiger partial charge in [-0.25, -0.2) is 9.97 Å². The SMILES string of the molecule is O=C(CCc1ccccc1)N1CC2(CC(Oc3ncccn3)CCO2)C1. The summed E-state index contributed by atoms with van der Waals surface area (Å²) >= 11 is 0. The highest BCUT2D eigenvalue weighted by atomic mass is 16.5. The minimum Gasteiger partial charge on any atom is -0.460 e. The summed E-state index contributed by atoms with van der Waals surface area (Å²) in [7, 11) is 0. The second-order valence-corrected chi connectivity index (χ2v) is 7.03. The Hall–Kier alpha value is -2.47. The Labute approximate surface area is 153 Å². The van der Waals surface area contributed by atoms with E-state index in [0.29, 0.717) is 32.1 Å². The maximum Gasteiger partial charge on any atom is 0.316 e. The van der Waals surface area contributed by atoms with Crippen molar-refractivity contribution in [2.24, 2.45) is 0 Å². The van der Waals surface area contributed by atoms with E-state index in [1.54, 1.807) is 18.5 Å². The van der Waals surface area contributed by atoms with Crippen LogP contribution in [0.5, 0.6) is 6.01 Å². The zero-order valence-electron chi connectivity index (χ0n) is 14.7. The lowest BCUT2D eigenvalue weighted by atomic mass is 9.84. The molecule has 2 aliphatic heterocycles. The van der Waals surface area contributed by atoms with Crippen molar-refractivity contribution in [3.8, 4) is 6.01 Å². The van der Waals surface area contributed by atoms with Gasteiger partial charge in [0.15, 0.2) is 0 Å². The molecule has 26 heavy (non-hydrogen) atoms. The standard InChI is InChI=1S/C20H23N3O3/c24-18(8-7-16-5-2-1-3-6-16)23-14-20(15-23)13-17(9-12-25-20)26-19-21-10-4-11-22-19/h1-6,10-11,17H,7-9,12-15H2. The van der Waals surface area contributed by atoms with Gasteiger partial charge in [-0.3, -0.25) is 4.79 Å². The molecule has 1 atom stereocenters. The zero-order valence-corrected chi connectivity index (χ0v) is 14.7. The predicted octanol–water partition coefficient (Wildman–Crippen LogP) is 2.25. The van der Waals surface area contributed by atoms with Gasteiger partial charge in [-0.15, -0.1) is 0 Å². The average molecular weight is 353 g/mol. The topological polar surface area (TPSA) is 64.6 Å². The van der Waals surface area contributed by atoms with Crippen molar-refractivity contribution in [2.75, 3.05) is 19.7 Å². The molecule has 0 bridgehead atoms. The van der Waals surface area contributed by atoms with Crippen LogP contribution in [0.25, 0.3) is 0 Å². The molecule has 2 fully saturated rings. The minimum absolute atomic E-state index is 0.0349. The highest BCUT2D eigenvalue weighted by Crippen LogP contribution is 2.35. The Balaban J connectivity index is 1.26. The molecule has 1 spiro atoms. The molecule has 1 aromatic heterocycles. The van der Waals surface area contributed by atoms with Crippen molar-refractivity contribution < 1.29 is 14.3 Å². The van der Waals surface area contributed by atoms with Crippen molar-refractivity contribution in [3.63, 3.8) is 0 Å². The maximum atomic E-state index is 12.4. The summed E-state index contributed by atoms with van der Waals surface area (Å²) in [6, 6.07) is 12.3. The second-order valence-electron chi connectivity index (χ2n) is 7.03. The van der Waals surface area contributed by atoms with E-state index in [1.165, 1.54) is 5.56 Å². The number of aryl methyl sites for hydroxylation is 1. The van der Waals surface area contributed by atoms with Crippen LogP contribution in [0.1, 0.15) is 24.8 Å². The van der Waals surface area contributed by atoms with Gasteiger partial charge >= 0.3 is 6.01 Å². The van der Waals surface area contributed by atoms with Crippen LogP contribution in [0.15, 0.2) is 48.8 Å². The van der Waals surface area contributed by atoms with Gasteiger partial charge in [-0.2, -0.15) is 0 Å². The normalized spacial score (nSPS) is 21.2. The molecular weight excluding hydrogens is 330 g/mol. The van der Waals surface area contributed by atoms with E-state index < -0.39 is 0 Å². The lowest BCUT2D eigenvalue weighted by Crippen LogP contribution is -2.67. The summed E-state index contributed by atoms with van der Waals surface area (Å²) in [6.07, 6.45) is 6.30. The summed E-state index contributed by atoms with van der Waals surface area (Å²) in [5, 5.41) is 0. The Morgan fingerprint density at radius 1 is 1.19 bits per heavy atom. The first-order valence-corrected chi connectivity index (χ1v) is 9.12. The van der Waals surface area contributed by atoms with Gasteiger partial charge < -0.3 is 14.4 Å². The average Bonchev–Trinajstić information content (AvgIpc) is 2.66. The van der Waals surface area contributed by atoms with Crippen molar-refractivity contribution >= 4 is 5.91 Å². The highest BCUT2D eigenvalue weighted by Gasteiger charge is 2.49. The van der Waals surface area contributed by atoms with E-state index in [9.17, 15) is 4.79 Å². The monoisotopic (exact) mass is 353 g/mol. The van der Waals surface area contributed by atoms with E-state index in [0.717, 1.165) is 19.3 Å². The summed E-state index contributed by atoms with van der Waals surface area (Å²) in [5.74, 6) is 0.192. The van der Waals surface area contributed by atoms with Gasteiger partial charge in [0.05, 0.1) is 19.7 Å². The quantitative estimate of drug-likeness (QED) is 0.825. The molecule has 3 heterocycles. The molecular formula is C20H23N3O3. The fraction of sp³-hybridized carbons (Fsp3) is 0.450. The van der Waals surface area contributed by atoms with Gasteiger partial charge in [0, 0.05) is 31.7 Å². The van der Waals surface area contributed by atoms with Crippen molar-refractivity contribution in [2.45, 2.75) is 37.4 Å². The number of benzene rings is 1. The first kappa shape index (κ1) is 17.0. The van der Waals surface area contributed by atoms with Crippen LogP contribution in [0.2, 0.25) is 0 Å². The third kappa shape index (κ3) is 3.85. The maximum absolute atomic E-state index is 12.4. The van der Waals surface area contributed by atoms with Gasteiger partial charge in [-0.05, 0) is 18.1 Å². The second kappa shape index (κ2) is 7.41. The Morgan fingerprint density at radius 2 is 1.96 bits per heavy atom. The number of aromatic nitrogens is 2. The highest BCUT2D eigenvalue weighted by molar-refractivity contribution is 5.77. The van der Waals surface area contributed by atoms with Crippen LogP contribution < -0.4 is 4.74 Å². The van der Waals surface area contributed by atoms with Crippen molar-refractivity contribution in [1.29, 1.82) is 0 Å². The van der Waals surface area contributed by atoms with Gasteiger partial charge in [-0.1, -0.05) is 30.3 Å². The van der Waals surface area contributed by atoms with Crippen LogP contribution in [0.3, 0.4) is 0 Å². The molecule has 4 rings (SSSR count). The number of amides is 1. The van der Waals surface area contributed by atoms with E-state index >= 15 is 0 Å². The Kier molecular flexibility index (Phi) is 4.84. The first-order chi connectivity index (χ1) is 12.7. The summed E-state index contributed by atoms with van der Waals surface area (Å²) in [6.45, 7) is 1.94. The predicted molar refractivity (Wildman–Crippen MR) is 95.7 cm³/mol. The molecule has 6 nitrogen and oxygen atoms in total. The van der Waals surface area contributed by atoms with E-state index in [-0.39, 0.29) is 17.6 Å². The van der Waals surface area contributed by atoms with Crippen molar-refractivity contribution in [1.82, 2.24) is 14.9 Å². The molecule has 0 N–H and O–H groups in total. The first-order valence-electron chi connectivity index (χ1n) is 9.12. The minimum atomic E-state index is -0.264. The fourth-order valence-corrected chi connectivity index (χ4v) is 3.68. The van der Waals surface area contributed by atoms with Crippen molar-refractivity contribution in [3.05, 3.63) is 54.4 Å². The number of carbonyl (C=O) groups is 1. The summed E-state index contributed by atoms with van der Waals surface area (Å²) in [5.41, 5.74) is 0.932.